The summed E-state index contributed by atoms with van der Waals surface area (Å²) in [6.07, 6.45) is 3.71. The molecule has 0 radical (unpaired) electrons. The van der Waals surface area contributed by atoms with Gasteiger partial charge >= 0.3 is 0 Å². The SMILES string of the molecule is CNc1cc(Nc2cc(F)cnc2OC2CC2)nc2c(C(=O)N[C@H]3C[C@H]3F)cnn12. The van der Waals surface area contributed by atoms with Gasteiger partial charge in [-0.25, -0.2) is 18.7 Å². The van der Waals surface area contributed by atoms with Gasteiger partial charge in [-0.1, -0.05) is 0 Å². The standard InChI is InChI=1S/C19H19F2N7O2/c1-22-16-6-15(25-14-4-9(20)7-23-19(14)30-10-2-3-10)27-17-11(8-24-28(16)17)18(29)26-13-5-12(13)21/h4,6-8,10,12-13,22H,2-3,5H2,1H3,(H,25,27)(H,26,29)/t12-,13+/m1/s1. The predicted molar refractivity (Wildman–Crippen MR) is 104 cm³/mol. The number of rotatable bonds is 7. The molecule has 0 aromatic carbocycles. The van der Waals surface area contributed by atoms with Crippen molar-refractivity contribution >= 4 is 28.9 Å². The van der Waals surface area contributed by atoms with Gasteiger partial charge in [0.25, 0.3) is 5.91 Å². The minimum absolute atomic E-state index is 0.0821. The van der Waals surface area contributed by atoms with E-state index in [1.165, 1.54) is 16.8 Å². The highest BCUT2D eigenvalue weighted by atomic mass is 19.1. The largest absolute Gasteiger partial charge is 0.473 e. The monoisotopic (exact) mass is 415 g/mol. The number of hydrogen-bond acceptors (Lipinski definition) is 7. The fraction of sp³-hybridized carbons (Fsp3) is 0.368. The molecule has 2 aliphatic carbocycles. The van der Waals surface area contributed by atoms with Crippen molar-refractivity contribution in [1.82, 2.24) is 24.9 Å². The van der Waals surface area contributed by atoms with Gasteiger partial charge in [-0.15, -0.1) is 0 Å². The molecule has 3 aromatic heterocycles. The third-order valence-corrected chi connectivity index (χ3v) is 4.88. The number of pyridine rings is 1. The Morgan fingerprint density at radius 1 is 1.30 bits per heavy atom. The summed E-state index contributed by atoms with van der Waals surface area (Å²) >= 11 is 0. The second kappa shape index (κ2) is 7.08. The third kappa shape index (κ3) is 3.58. The Bertz CT molecular complexity index is 1130. The predicted octanol–water partition coefficient (Wildman–Crippen LogP) is 2.43. The van der Waals surface area contributed by atoms with Crippen molar-refractivity contribution in [2.45, 2.75) is 37.6 Å². The molecule has 3 N–H and O–H groups in total. The average molecular weight is 415 g/mol. The van der Waals surface area contributed by atoms with E-state index in [2.05, 4.69) is 31.0 Å². The van der Waals surface area contributed by atoms with Crippen LogP contribution in [-0.4, -0.2) is 50.9 Å². The van der Waals surface area contributed by atoms with E-state index in [0.29, 0.717) is 23.7 Å². The first-order valence-electron chi connectivity index (χ1n) is 9.62. The van der Waals surface area contributed by atoms with Gasteiger partial charge in [0.15, 0.2) is 5.65 Å². The summed E-state index contributed by atoms with van der Waals surface area (Å²) in [6, 6.07) is 2.46. The van der Waals surface area contributed by atoms with Gasteiger partial charge in [0, 0.05) is 25.6 Å². The summed E-state index contributed by atoms with van der Waals surface area (Å²) in [4.78, 5) is 21.0. The summed E-state index contributed by atoms with van der Waals surface area (Å²) < 4.78 is 34.2. The van der Waals surface area contributed by atoms with Gasteiger partial charge in [-0.3, -0.25) is 4.79 Å². The zero-order valence-corrected chi connectivity index (χ0v) is 16.0. The van der Waals surface area contributed by atoms with Crippen molar-refractivity contribution in [2.24, 2.45) is 0 Å². The van der Waals surface area contributed by atoms with Crippen LogP contribution < -0.4 is 20.7 Å². The normalized spacial score (nSPS) is 20.1. The Kier molecular flexibility index (Phi) is 4.37. The second-order valence-electron chi connectivity index (χ2n) is 7.35. The summed E-state index contributed by atoms with van der Waals surface area (Å²) in [5.74, 6) is 0.188. The molecule has 3 aromatic rings. The molecule has 11 heteroatoms. The summed E-state index contributed by atoms with van der Waals surface area (Å²) in [7, 11) is 1.70. The molecule has 30 heavy (non-hydrogen) atoms. The first-order chi connectivity index (χ1) is 14.5. The number of carbonyl (C=O) groups excluding carboxylic acids is 1. The van der Waals surface area contributed by atoms with Crippen LogP contribution in [0.5, 0.6) is 5.88 Å². The molecule has 0 saturated heterocycles. The van der Waals surface area contributed by atoms with Gasteiger partial charge in [-0.2, -0.15) is 9.61 Å². The van der Waals surface area contributed by atoms with E-state index in [9.17, 15) is 13.6 Å². The van der Waals surface area contributed by atoms with Crippen LogP contribution in [0.15, 0.2) is 24.5 Å². The number of anilines is 3. The smallest absolute Gasteiger partial charge is 0.257 e. The Morgan fingerprint density at radius 2 is 2.10 bits per heavy atom. The number of fused-ring (bicyclic) bond motifs is 1. The van der Waals surface area contributed by atoms with Crippen LogP contribution in [0.4, 0.5) is 26.1 Å². The second-order valence-corrected chi connectivity index (χ2v) is 7.35. The van der Waals surface area contributed by atoms with Crippen molar-refractivity contribution in [3.63, 3.8) is 0 Å². The molecule has 3 heterocycles. The minimum atomic E-state index is -1.01. The van der Waals surface area contributed by atoms with Crippen molar-refractivity contribution in [1.29, 1.82) is 0 Å². The molecule has 2 fully saturated rings. The molecule has 2 saturated carbocycles. The molecule has 0 bridgehead atoms. The summed E-state index contributed by atoms with van der Waals surface area (Å²) in [5, 5.41) is 12.8. The zero-order chi connectivity index (χ0) is 20.8. The van der Waals surface area contributed by atoms with Crippen LogP contribution in [0.2, 0.25) is 0 Å². The number of nitrogens with one attached hydrogen (secondary N) is 3. The number of carbonyl (C=O) groups is 1. The Morgan fingerprint density at radius 3 is 2.80 bits per heavy atom. The molecule has 156 valence electrons. The van der Waals surface area contributed by atoms with E-state index in [4.69, 9.17) is 4.74 Å². The lowest BCUT2D eigenvalue weighted by molar-refractivity contribution is 0.0949. The molecule has 5 rings (SSSR count). The molecule has 1 amide bonds. The van der Waals surface area contributed by atoms with Crippen molar-refractivity contribution in [3.8, 4) is 5.88 Å². The van der Waals surface area contributed by atoms with Gasteiger partial charge in [0.2, 0.25) is 5.88 Å². The Balaban J connectivity index is 1.49. The fourth-order valence-corrected chi connectivity index (χ4v) is 3.02. The molecule has 2 aliphatic rings. The number of amides is 1. The maximum atomic E-state index is 13.8. The fourth-order valence-electron chi connectivity index (χ4n) is 3.02. The average Bonchev–Trinajstić information content (AvgIpc) is 3.62. The molecule has 0 aliphatic heterocycles. The molecule has 0 unspecified atom stereocenters. The maximum Gasteiger partial charge on any atom is 0.257 e. The van der Waals surface area contributed by atoms with Gasteiger partial charge in [-0.05, 0) is 12.8 Å². The lowest BCUT2D eigenvalue weighted by Crippen LogP contribution is -2.27. The van der Waals surface area contributed by atoms with Crippen molar-refractivity contribution < 1.29 is 18.3 Å². The van der Waals surface area contributed by atoms with Crippen LogP contribution >= 0.6 is 0 Å². The van der Waals surface area contributed by atoms with Crippen LogP contribution in [0.3, 0.4) is 0 Å². The molecule has 9 nitrogen and oxygen atoms in total. The Labute approximate surface area is 169 Å². The highest BCUT2D eigenvalue weighted by Crippen LogP contribution is 2.33. The topological polar surface area (TPSA) is 105 Å². The van der Waals surface area contributed by atoms with Crippen LogP contribution in [0.25, 0.3) is 5.65 Å². The van der Waals surface area contributed by atoms with Crippen LogP contribution in [0.1, 0.15) is 29.6 Å². The first kappa shape index (κ1) is 18.5. The van der Waals surface area contributed by atoms with E-state index in [-0.39, 0.29) is 23.2 Å². The number of aromatic nitrogens is 4. The van der Waals surface area contributed by atoms with E-state index in [1.54, 1.807) is 13.1 Å². The Hall–Kier alpha value is -3.50. The van der Waals surface area contributed by atoms with E-state index in [1.807, 2.05) is 0 Å². The number of halogens is 2. The van der Waals surface area contributed by atoms with Gasteiger partial charge in [0.1, 0.15) is 41.0 Å². The van der Waals surface area contributed by atoms with Crippen molar-refractivity contribution in [2.75, 3.05) is 17.7 Å². The third-order valence-electron chi connectivity index (χ3n) is 4.88. The highest BCUT2D eigenvalue weighted by molar-refractivity contribution is 6.00. The van der Waals surface area contributed by atoms with Gasteiger partial charge < -0.3 is 20.7 Å². The van der Waals surface area contributed by atoms with E-state index in [0.717, 1.165) is 19.0 Å². The number of alkyl halides is 1. The summed E-state index contributed by atoms with van der Waals surface area (Å²) in [6.45, 7) is 0. The quantitative estimate of drug-likeness (QED) is 0.544. The lowest BCUT2D eigenvalue weighted by atomic mass is 10.3. The molecular weight excluding hydrogens is 396 g/mol. The zero-order valence-electron chi connectivity index (χ0n) is 16.0. The van der Waals surface area contributed by atoms with Crippen LogP contribution in [-0.2, 0) is 0 Å². The number of nitrogens with zero attached hydrogens (tertiary/aromatic N) is 4. The highest BCUT2D eigenvalue weighted by Gasteiger charge is 2.39. The van der Waals surface area contributed by atoms with Gasteiger partial charge in [0.05, 0.1) is 18.4 Å². The first-order valence-corrected chi connectivity index (χ1v) is 9.62. The molecule has 0 spiro atoms. The van der Waals surface area contributed by atoms with E-state index < -0.39 is 23.9 Å². The van der Waals surface area contributed by atoms with Crippen LogP contribution in [0, 0.1) is 5.82 Å². The van der Waals surface area contributed by atoms with E-state index >= 15 is 0 Å². The molecule has 2 atom stereocenters. The number of ether oxygens (including phenoxy) is 1. The number of hydrogen-bond donors (Lipinski definition) is 3. The van der Waals surface area contributed by atoms with Crippen molar-refractivity contribution in [3.05, 3.63) is 35.9 Å². The lowest BCUT2D eigenvalue weighted by Gasteiger charge is -2.13. The molecular formula is C19H19F2N7O2. The summed E-state index contributed by atoms with van der Waals surface area (Å²) in [5.41, 5.74) is 0.803. The minimum Gasteiger partial charge on any atom is -0.473 e. The maximum absolute atomic E-state index is 13.8.